The lowest BCUT2D eigenvalue weighted by molar-refractivity contribution is -0.386. The highest BCUT2D eigenvalue weighted by atomic mass is 79.9. The molecule has 0 atom stereocenters. The Kier molecular flexibility index (Phi) is 4.29. The van der Waals surface area contributed by atoms with Crippen molar-refractivity contribution in [2.45, 2.75) is 6.54 Å². The lowest BCUT2D eigenvalue weighted by Crippen LogP contribution is -2.05. The van der Waals surface area contributed by atoms with Gasteiger partial charge in [0.15, 0.2) is 0 Å². The van der Waals surface area contributed by atoms with Crippen molar-refractivity contribution in [1.29, 1.82) is 0 Å². The maximum Gasteiger partial charge on any atom is 0.327 e. The third-order valence-corrected chi connectivity index (χ3v) is 3.14. The molecular formula is C13H9BrF2N2O2. The molecule has 0 aliphatic heterocycles. The predicted molar refractivity (Wildman–Crippen MR) is 74.5 cm³/mol. The molecule has 0 aliphatic rings. The molecule has 0 saturated heterocycles. The average Bonchev–Trinajstić information content (AvgIpc) is 2.36. The van der Waals surface area contributed by atoms with Crippen molar-refractivity contribution in [3.05, 3.63) is 68.2 Å². The molecule has 0 heterocycles. The van der Waals surface area contributed by atoms with E-state index in [0.29, 0.717) is 6.07 Å². The van der Waals surface area contributed by atoms with Gasteiger partial charge in [0.1, 0.15) is 11.5 Å². The second kappa shape index (κ2) is 5.96. The lowest BCUT2D eigenvalue weighted by Gasteiger charge is -2.08. The second-order valence-electron chi connectivity index (χ2n) is 4.02. The van der Waals surface area contributed by atoms with Gasteiger partial charge in [-0.3, -0.25) is 10.1 Å². The van der Waals surface area contributed by atoms with Crippen molar-refractivity contribution in [2.24, 2.45) is 0 Å². The number of nitro groups is 1. The van der Waals surface area contributed by atoms with Gasteiger partial charge in [-0.25, -0.2) is 4.39 Å². The van der Waals surface area contributed by atoms with E-state index >= 15 is 0 Å². The number of anilines is 1. The van der Waals surface area contributed by atoms with E-state index in [2.05, 4.69) is 21.2 Å². The first-order valence-electron chi connectivity index (χ1n) is 5.59. The van der Waals surface area contributed by atoms with Crippen LogP contribution in [0.2, 0.25) is 0 Å². The van der Waals surface area contributed by atoms with Crippen LogP contribution in [0.1, 0.15) is 5.56 Å². The van der Waals surface area contributed by atoms with E-state index in [9.17, 15) is 18.9 Å². The first kappa shape index (κ1) is 14.4. The normalized spacial score (nSPS) is 10.3. The second-order valence-corrected chi connectivity index (χ2v) is 4.94. The first-order valence-corrected chi connectivity index (χ1v) is 6.38. The molecule has 0 aliphatic carbocycles. The topological polar surface area (TPSA) is 55.2 Å². The number of hydrogen-bond acceptors (Lipinski definition) is 3. The Balaban J connectivity index is 2.24. The SMILES string of the molecule is O=[N+]([O-])c1c(F)cc(F)cc1NCc1ccc(Br)cc1. The van der Waals surface area contributed by atoms with Gasteiger partial charge in [0.2, 0.25) is 5.82 Å². The summed E-state index contributed by atoms with van der Waals surface area (Å²) >= 11 is 3.28. The predicted octanol–water partition coefficient (Wildman–Crippen LogP) is 4.25. The lowest BCUT2D eigenvalue weighted by atomic mass is 10.2. The maximum absolute atomic E-state index is 13.4. The van der Waals surface area contributed by atoms with Crippen LogP contribution in [-0.4, -0.2) is 4.92 Å². The number of nitro benzene ring substituents is 1. The number of nitrogens with zero attached hydrogens (tertiary/aromatic N) is 1. The van der Waals surface area contributed by atoms with Gasteiger partial charge in [-0.1, -0.05) is 28.1 Å². The van der Waals surface area contributed by atoms with E-state index in [4.69, 9.17) is 0 Å². The van der Waals surface area contributed by atoms with Crippen molar-refractivity contribution in [2.75, 3.05) is 5.32 Å². The summed E-state index contributed by atoms with van der Waals surface area (Å²) < 4.78 is 27.4. The van der Waals surface area contributed by atoms with Gasteiger partial charge in [0.25, 0.3) is 0 Å². The molecule has 0 bridgehead atoms. The summed E-state index contributed by atoms with van der Waals surface area (Å²) in [7, 11) is 0. The third-order valence-electron chi connectivity index (χ3n) is 2.61. The fraction of sp³-hybridized carbons (Fsp3) is 0.0769. The zero-order valence-electron chi connectivity index (χ0n) is 10.1. The van der Waals surface area contributed by atoms with Crippen LogP contribution in [0, 0.1) is 21.7 Å². The van der Waals surface area contributed by atoms with Crippen molar-refractivity contribution in [1.82, 2.24) is 0 Å². The van der Waals surface area contributed by atoms with E-state index in [1.165, 1.54) is 0 Å². The molecule has 0 radical (unpaired) electrons. The molecule has 0 unspecified atom stereocenters. The Bertz CT molecular complexity index is 648. The van der Waals surface area contributed by atoms with Crippen molar-refractivity contribution in [3.63, 3.8) is 0 Å². The highest BCUT2D eigenvalue weighted by Gasteiger charge is 2.21. The van der Waals surface area contributed by atoms with Crippen LogP contribution in [0.3, 0.4) is 0 Å². The summed E-state index contributed by atoms with van der Waals surface area (Å²) in [5.41, 5.74) is -0.119. The Morgan fingerprint density at radius 2 is 1.85 bits per heavy atom. The number of halogens is 3. The molecule has 0 spiro atoms. The fourth-order valence-electron chi connectivity index (χ4n) is 1.69. The van der Waals surface area contributed by atoms with E-state index in [1.54, 1.807) is 24.3 Å². The van der Waals surface area contributed by atoms with Crippen LogP contribution in [0.5, 0.6) is 0 Å². The smallest absolute Gasteiger partial charge is 0.327 e. The zero-order valence-corrected chi connectivity index (χ0v) is 11.7. The molecular weight excluding hydrogens is 334 g/mol. The largest absolute Gasteiger partial charge is 0.375 e. The van der Waals surface area contributed by atoms with E-state index < -0.39 is 22.2 Å². The molecule has 0 saturated carbocycles. The summed E-state index contributed by atoms with van der Waals surface area (Å²) in [4.78, 5) is 9.93. The standard InChI is InChI=1S/C13H9BrF2N2O2/c14-9-3-1-8(2-4-9)7-17-12-6-10(15)5-11(16)13(12)18(19)20/h1-6,17H,7H2. The van der Waals surface area contributed by atoms with Gasteiger partial charge in [-0.15, -0.1) is 0 Å². The van der Waals surface area contributed by atoms with Crippen LogP contribution < -0.4 is 5.32 Å². The van der Waals surface area contributed by atoms with Gasteiger partial charge in [-0.05, 0) is 17.7 Å². The van der Waals surface area contributed by atoms with Crippen molar-refractivity contribution >= 4 is 27.3 Å². The Morgan fingerprint density at radius 3 is 2.45 bits per heavy atom. The minimum atomic E-state index is -1.20. The van der Waals surface area contributed by atoms with Crippen molar-refractivity contribution < 1.29 is 13.7 Å². The molecule has 0 fully saturated rings. The zero-order chi connectivity index (χ0) is 14.7. The number of benzene rings is 2. The number of nitrogens with one attached hydrogen (secondary N) is 1. The summed E-state index contributed by atoms with van der Waals surface area (Å²) in [5, 5.41) is 13.5. The molecule has 0 amide bonds. The van der Waals surface area contributed by atoms with Crippen LogP contribution in [0.4, 0.5) is 20.2 Å². The maximum atomic E-state index is 13.4. The fourth-order valence-corrected chi connectivity index (χ4v) is 1.95. The molecule has 1 N–H and O–H groups in total. The van der Waals surface area contributed by atoms with Gasteiger partial charge in [0.05, 0.1) is 4.92 Å². The van der Waals surface area contributed by atoms with Gasteiger partial charge >= 0.3 is 5.69 Å². The quantitative estimate of drug-likeness (QED) is 0.667. The summed E-state index contributed by atoms with van der Waals surface area (Å²) in [6.07, 6.45) is 0. The minimum absolute atomic E-state index is 0.185. The third kappa shape index (κ3) is 3.30. The van der Waals surface area contributed by atoms with E-state index in [1.807, 2.05) is 0 Å². The summed E-state index contributed by atoms with van der Waals surface area (Å²) in [5.74, 6) is -2.07. The Morgan fingerprint density at radius 1 is 1.20 bits per heavy atom. The molecule has 2 rings (SSSR count). The van der Waals surface area contributed by atoms with Crippen LogP contribution in [-0.2, 0) is 6.54 Å². The number of rotatable bonds is 4. The minimum Gasteiger partial charge on any atom is -0.375 e. The highest BCUT2D eigenvalue weighted by molar-refractivity contribution is 9.10. The van der Waals surface area contributed by atoms with Crippen LogP contribution >= 0.6 is 15.9 Å². The van der Waals surface area contributed by atoms with E-state index in [-0.39, 0.29) is 12.2 Å². The Labute approximate surface area is 121 Å². The molecule has 7 heteroatoms. The molecule has 4 nitrogen and oxygen atoms in total. The van der Waals surface area contributed by atoms with Gasteiger partial charge < -0.3 is 5.32 Å². The molecule has 104 valence electrons. The van der Waals surface area contributed by atoms with Crippen molar-refractivity contribution in [3.8, 4) is 0 Å². The molecule has 0 aromatic heterocycles. The van der Waals surface area contributed by atoms with E-state index in [0.717, 1.165) is 16.1 Å². The molecule has 20 heavy (non-hydrogen) atoms. The molecule has 2 aromatic rings. The first-order chi connectivity index (χ1) is 9.47. The summed E-state index contributed by atoms with van der Waals surface area (Å²) in [6, 6.07) is 8.58. The van der Waals surface area contributed by atoms with Gasteiger partial charge in [-0.2, -0.15) is 4.39 Å². The average molecular weight is 343 g/mol. The monoisotopic (exact) mass is 342 g/mol. The van der Waals surface area contributed by atoms with Crippen LogP contribution in [0.15, 0.2) is 40.9 Å². The highest BCUT2D eigenvalue weighted by Crippen LogP contribution is 2.29. The Hall–Kier alpha value is -2.02. The number of hydrogen-bond donors (Lipinski definition) is 1. The molecule has 2 aromatic carbocycles. The van der Waals surface area contributed by atoms with Crippen LogP contribution in [0.25, 0.3) is 0 Å². The summed E-state index contributed by atoms with van der Waals surface area (Å²) in [6.45, 7) is 0.219. The van der Waals surface area contributed by atoms with Gasteiger partial charge in [0, 0.05) is 23.2 Å².